The van der Waals surface area contributed by atoms with E-state index in [0.717, 1.165) is 24.5 Å². The number of benzene rings is 1. The van der Waals surface area contributed by atoms with Crippen LogP contribution in [-0.4, -0.2) is 16.5 Å². The molecule has 1 aromatic carbocycles. The number of nitrogens with zero attached hydrogens (tertiary/aromatic N) is 2. The minimum absolute atomic E-state index is 0.176. The summed E-state index contributed by atoms with van der Waals surface area (Å²) in [5, 5.41) is 3.20. The molecule has 0 bridgehead atoms. The Bertz CT molecular complexity index is 627. The fraction of sp³-hybridized carbons (Fsp3) is 0.333. The van der Waals surface area contributed by atoms with Crippen molar-refractivity contribution in [2.75, 3.05) is 17.3 Å². The smallest absolute Gasteiger partial charge is 0.145 e. The molecule has 1 aliphatic rings. The average Bonchev–Trinajstić information content (AvgIpc) is 3.34. The van der Waals surface area contributed by atoms with Gasteiger partial charge in [-0.2, -0.15) is 0 Å². The third-order valence-corrected chi connectivity index (χ3v) is 3.49. The molecule has 3 rings (SSSR count). The van der Waals surface area contributed by atoms with Crippen LogP contribution in [0.15, 0.2) is 30.3 Å². The third kappa shape index (κ3) is 3.46. The van der Waals surface area contributed by atoms with Gasteiger partial charge < -0.3 is 10.7 Å². The van der Waals surface area contributed by atoms with Gasteiger partial charge in [0.1, 0.15) is 23.3 Å². The first-order valence-electron chi connectivity index (χ1n) is 7.09. The van der Waals surface area contributed by atoms with Gasteiger partial charge in [0.15, 0.2) is 0 Å². The first-order chi connectivity index (χ1) is 10.3. The molecule has 0 unspecified atom stereocenters. The van der Waals surface area contributed by atoms with E-state index in [2.05, 4.69) is 20.7 Å². The van der Waals surface area contributed by atoms with Crippen LogP contribution >= 0.6 is 0 Å². The summed E-state index contributed by atoms with van der Waals surface area (Å²) < 4.78 is 13.5. The second kappa shape index (κ2) is 6.05. The first kappa shape index (κ1) is 13.8. The zero-order chi connectivity index (χ0) is 14.7. The number of rotatable bonds is 6. The Labute approximate surface area is 122 Å². The van der Waals surface area contributed by atoms with E-state index in [1.54, 1.807) is 18.2 Å². The molecule has 21 heavy (non-hydrogen) atoms. The molecule has 6 heteroatoms. The van der Waals surface area contributed by atoms with Gasteiger partial charge >= 0.3 is 0 Å². The van der Waals surface area contributed by atoms with Crippen LogP contribution in [0.2, 0.25) is 0 Å². The second-order valence-corrected chi connectivity index (χ2v) is 5.18. The van der Waals surface area contributed by atoms with E-state index in [9.17, 15) is 4.39 Å². The van der Waals surface area contributed by atoms with Gasteiger partial charge in [-0.05, 0) is 30.9 Å². The monoisotopic (exact) mass is 287 g/mol. The van der Waals surface area contributed by atoms with Crippen LogP contribution < -0.4 is 16.6 Å². The molecule has 1 saturated carbocycles. The number of hydrogen-bond donors (Lipinski definition) is 3. The molecule has 0 radical (unpaired) electrons. The van der Waals surface area contributed by atoms with Crippen molar-refractivity contribution < 1.29 is 4.39 Å². The molecule has 1 aliphatic carbocycles. The molecule has 110 valence electrons. The number of halogens is 1. The lowest BCUT2D eigenvalue weighted by atomic mass is 10.1. The summed E-state index contributed by atoms with van der Waals surface area (Å²) >= 11 is 0. The maximum absolute atomic E-state index is 13.5. The van der Waals surface area contributed by atoms with Crippen molar-refractivity contribution in [3.05, 3.63) is 47.5 Å². The first-order valence-corrected chi connectivity index (χ1v) is 7.09. The number of nitrogens with two attached hydrogens (primary N) is 1. The van der Waals surface area contributed by atoms with Gasteiger partial charge in [0.2, 0.25) is 0 Å². The van der Waals surface area contributed by atoms with Crippen molar-refractivity contribution in [2.45, 2.75) is 25.2 Å². The number of hydrazine groups is 1. The van der Waals surface area contributed by atoms with E-state index in [1.807, 2.05) is 6.07 Å². The Balaban J connectivity index is 1.64. The lowest BCUT2D eigenvalue weighted by Gasteiger charge is -2.09. The number of nitrogen functional groups attached to an aromatic ring is 1. The maximum atomic E-state index is 13.5. The van der Waals surface area contributed by atoms with Gasteiger partial charge in [0.05, 0.1) is 0 Å². The van der Waals surface area contributed by atoms with Crippen molar-refractivity contribution in [1.82, 2.24) is 9.97 Å². The molecule has 1 fully saturated rings. The lowest BCUT2D eigenvalue weighted by molar-refractivity contribution is 0.610. The Hall–Kier alpha value is -2.21. The summed E-state index contributed by atoms with van der Waals surface area (Å²) in [6.07, 6.45) is 2.85. The minimum Gasteiger partial charge on any atom is -0.370 e. The van der Waals surface area contributed by atoms with Gasteiger partial charge in [0.25, 0.3) is 0 Å². The van der Waals surface area contributed by atoms with E-state index in [0.29, 0.717) is 30.3 Å². The quantitative estimate of drug-likeness (QED) is 0.562. The van der Waals surface area contributed by atoms with Crippen LogP contribution in [-0.2, 0) is 6.42 Å². The SMILES string of the molecule is NNc1cc(NCCc2ccccc2F)nc(C2CC2)n1. The number of aromatic nitrogens is 2. The van der Waals surface area contributed by atoms with Crippen molar-refractivity contribution in [3.63, 3.8) is 0 Å². The highest BCUT2D eigenvalue weighted by molar-refractivity contribution is 5.47. The fourth-order valence-corrected chi connectivity index (χ4v) is 2.18. The highest BCUT2D eigenvalue weighted by Crippen LogP contribution is 2.38. The zero-order valence-corrected chi connectivity index (χ0v) is 11.6. The third-order valence-electron chi connectivity index (χ3n) is 3.49. The standard InChI is InChI=1S/C15H18FN5/c16-12-4-2-1-3-10(12)7-8-18-13-9-14(21-17)20-15(19-13)11-5-6-11/h1-4,9,11H,5-8,17H2,(H2,18,19,20,21). The average molecular weight is 287 g/mol. The van der Waals surface area contributed by atoms with E-state index >= 15 is 0 Å². The summed E-state index contributed by atoms with van der Waals surface area (Å²) in [4.78, 5) is 8.83. The van der Waals surface area contributed by atoms with Crippen LogP contribution in [0.1, 0.15) is 30.1 Å². The van der Waals surface area contributed by atoms with Gasteiger partial charge in [-0.3, -0.25) is 0 Å². The van der Waals surface area contributed by atoms with Crippen LogP contribution in [0.5, 0.6) is 0 Å². The molecular weight excluding hydrogens is 269 g/mol. The van der Waals surface area contributed by atoms with Crippen molar-refractivity contribution in [2.24, 2.45) is 5.84 Å². The normalized spacial score (nSPS) is 14.0. The van der Waals surface area contributed by atoms with Gasteiger partial charge in [-0.1, -0.05) is 18.2 Å². The van der Waals surface area contributed by atoms with E-state index in [4.69, 9.17) is 5.84 Å². The summed E-state index contributed by atoms with van der Waals surface area (Å²) in [6.45, 7) is 0.603. The number of anilines is 2. The Morgan fingerprint density at radius 3 is 2.67 bits per heavy atom. The molecular formula is C15H18FN5. The summed E-state index contributed by atoms with van der Waals surface area (Å²) in [6, 6.07) is 8.55. The molecule has 0 atom stereocenters. The lowest BCUT2D eigenvalue weighted by Crippen LogP contribution is -2.13. The van der Waals surface area contributed by atoms with Crippen molar-refractivity contribution >= 4 is 11.6 Å². The molecule has 0 spiro atoms. The second-order valence-electron chi connectivity index (χ2n) is 5.18. The summed E-state index contributed by atoms with van der Waals surface area (Å²) in [5.41, 5.74) is 3.25. The van der Waals surface area contributed by atoms with Crippen LogP contribution in [0.25, 0.3) is 0 Å². The molecule has 0 amide bonds. The van der Waals surface area contributed by atoms with E-state index in [1.165, 1.54) is 6.07 Å². The largest absolute Gasteiger partial charge is 0.370 e. The topological polar surface area (TPSA) is 75.9 Å². The maximum Gasteiger partial charge on any atom is 0.145 e. The van der Waals surface area contributed by atoms with Crippen LogP contribution in [0.3, 0.4) is 0 Å². The Morgan fingerprint density at radius 1 is 1.19 bits per heavy atom. The molecule has 1 heterocycles. The van der Waals surface area contributed by atoms with Gasteiger partial charge in [-0.25, -0.2) is 20.2 Å². The fourth-order valence-electron chi connectivity index (χ4n) is 2.18. The zero-order valence-electron chi connectivity index (χ0n) is 11.6. The number of hydrogen-bond acceptors (Lipinski definition) is 5. The Kier molecular flexibility index (Phi) is 3.96. The summed E-state index contributed by atoms with van der Waals surface area (Å²) in [7, 11) is 0. The van der Waals surface area contributed by atoms with Gasteiger partial charge in [-0.15, -0.1) is 0 Å². The number of nitrogens with one attached hydrogen (secondary N) is 2. The predicted molar refractivity (Wildman–Crippen MR) is 80.4 cm³/mol. The van der Waals surface area contributed by atoms with E-state index in [-0.39, 0.29) is 5.82 Å². The summed E-state index contributed by atoms with van der Waals surface area (Å²) in [5.74, 6) is 7.84. The minimum atomic E-state index is -0.176. The molecule has 4 N–H and O–H groups in total. The van der Waals surface area contributed by atoms with Crippen molar-refractivity contribution in [3.8, 4) is 0 Å². The molecule has 1 aromatic heterocycles. The van der Waals surface area contributed by atoms with Crippen LogP contribution in [0.4, 0.5) is 16.0 Å². The van der Waals surface area contributed by atoms with E-state index < -0.39 is 0 Å². The highest BCUT2D eigenvalue weighted by atomic mass is 19.1. The molecule has 0 aliphatic heterocycles. The predicted octanol–water partition coefficient (Wildman–Crippen LogP) is 2.43. The van der Waals surface area contributed by atoms with Crippen LogP contribution in [0, 0.1) is 5.82 Å². The molecule has 0 saturated heterocycles. The highest BCUT2D eigenvalue weighted by Gasteiger charge is 2.27. The van der Waals surface area contributed by atoms with Crippen molar-refractivity contribution in [1.29, 1.82) is 0 Å². The molecule has 2 aromatic rings. The molecule has 5 nitrogen and oxygen atoms in total. The Morgan fingerprint density at radius 2 is 1.95 bits per heavy atom. The van der Waals surface area contributed by atoms with Gasteiger partial charge in [0, 0.05) is 18.5 Å².